The summed E-state index contributed by atoms with van der Waals surface area (Å²) < 4.78 is 0. The fourth-order valence-corrected chi connectivity index (χ4v) is 3.01. The van der Waals surface area contributed by atoms with Crippen molar-refractivity contribution in [3.8, 4) is 0 Å². The average Bonchev–Trinajstić information content (AvgIpc) is 2.29. The van der Waals surface area contributed by atoms with Gasteiger partial charge in [-0.1, -0.05) is 40.8 Å². The summed E-state index contributed by atoms with van der Waals surface area (Å²) in [7, 11) is -0.437. The van der Waals surface area contributed by atoms with E-state index in [0.717, 1.165) is 0 Å². The number of rotatable bonds is 2. The average molecular weight is 215 g/mol. The summed E-state index contributed by atoms with van der Waals surface area (Å²) in [6.45, 7) is 2.12. The summed E-state index contributed by atoms with van der Waals surface area (Å²) >= 11 is 0. The highest BCUT2D eigenvalue weighted by Crippen LogP contribution is 2.16. The number of thiol groups is 1. The molecule has 2 aromatic carbocycles. The van der Waals surface area contributed by atoms with Crippen molar-refractivity contribution < 1.29 is 0 Å². The molecule has 2 rings (SSSR count). The summed E-state index contributed by atoms with van der Waals surface area (Å²) in [5.41, 5.74) is 1.31. The van der Waals surface area contributed by atoms with E-state index in [1.54, 1.807) is 0 Å². The molecule has 15 heavy (non-hydrogen) atoms. The third-order valence-corrected chi connectivity index (χ3v) is 4.20. The van der Waals surface area contributed by atoms with Crippen molar-refractivity contribution in [2.24, 2.45) is 0 Å². The molecule has 1 atom stereocenters. The van der Waals surface area contributed by atoms with Crippen molar-refractivity contribution in [3.05, 3.63) is 60.2 Å². The highest BCUT2D eigenvalue weighted by Gasteiger charge is 2.06. The van der Waals surface area contributed by atoms with Gasteiger partial charge in [0.25, 0.3) is 0 Å². The molecule has 0 aromatic heterocycles. The molecule has 1 unspecified atom stereocenters. The van der Waals surface area contributed by atoms with E-state index >= 15 is 0 Å². The monoisotopic (exact) mass is 215 g/mol. The molecule has 0 aliphatic carbocycles. The van der Waals surface area contributed by atoms with Gasteiger partial charge in [0, 0.05) is 0 Å². The minimum Gasteiger partial charge on any atom is -0.0789 e. The summed E-state index contributed by atoms with van der Waals surface area (Å²) in [4.78, 5) is 2.68. The van der Waals surface area contributed by atoms with Crippen molar-refractivity contribution in [3.63, 3.8) is 0 Å². The maximum absolute atomic E-state index is 4.28. The first kappa shape index (κ1) is 10.2. The summed E-state index contributed by atoms with van der Waals surface area (Å²) in [6.07, 6.45) is 0. The number of hydrogen-bond donors (Lipinski definition) is 0. The number of benzene rings is 2. The largest absolute Gasteiger partial charge is 0.121 e. The molecule has 0 spiro atoms. The van der Waals surface area contributed by atoms with Crippen LogP contribution in [0.1, 0.15) is 5.56 Å². The van der Waals surface area contributed by atoms with Crippen LogP contribution >= 0.6 is 0 Å². The molecule has 0 nitrogen and oxygen atoms in total. The minimum atomic E-state index is -0.437. The molecule has 2 aromatic rings. The summed E-state index contributed by atoms with van der Waals surface area (Å²) in [5, 5.41) is 0. The van der Waals surface area contributed by atoms with Crippen molar-refractivity contribution in [1.82, 2.24) is 0 Å². The van der Waals surface area contributed by atoms with Crippen LogP contribution in [-0.2, 0) is 10.5 Å². The molecule has 0 radical (unpaired) electrons. The standard InChI is InChI=1S/C14H14S/c1-12-7-6-10-14(11-12)15(2)13-8-4-3-5-9-13/h3-11H,2H2,1H3/p+1. The van der Waals surface area contributed by atoms with Crippen LogP contribution in [0.3, 0.4) is 0 Å². The van der Waals surface area contributed by atoms with Crippen LogP contribution in [0.5, 0.6) is 0 Å². The van der Waals surface area contributed by atoms with E-state index in [9.17, 15) is 0 Å². The Morgan fingerprint density at radius 1 is 0.867 bits per heavy atom. The Morgan fingerprint density at radius 3 is 2.20 bits per heavy atom. The van der Waals surface area contributed by atoms with E-state index in [2.05, 4.69) is 61.3 Å². The fraction of sp³-hybridized carbons (Fsp3) is 0.0714. The number of aryl methyl sites for hydroxylation is 1. The Bertz CT molecular complexity index is 472. The fourth-order valence-electron chi connectivity index (χ4n) is 1.55. The van der Waals surface area contributed by atoms with Crippen molar-refractivity contribution in [1.29, 1.82) is 0 Å². The number of hydrogen-bond acceptors (Lipinski definition) is 0. The second-order valence-electron chi connectivity index (χ2n) is 3.60. The van der Waals surface area contributed by atoms with E-state index in [1.807, 2.05) is 6.07 Å². The molecule has 0 N–H and O–H groups in total. The van der Waals surface area contributed by atoms with Crippen LogP contribution in [-0.4, -0.2) is 5.87 Å². The third kappa shape index (κ3) is 2.37. The van der Waals surface area contributed by atoms with E-state index in [4.69, 9.17) is 0 Å². The van der Waals surface area contributed by atoms with Gasteiger partial charge in [-0.25, -0.2) is 0 Å². The predicted molar refractivity (Wildman–Crippen MR) is 70.0 cm³/mol. The molecule has 0 fully saturated rings. The first-order valence-corrected chi connectivity index (χ1v) is 6.52. The van der Waals surface area contributed by atoms with Gasteiger partial charge in [0.1, 0.15) is 9.79 Å². The van der Waals surface area contributed by atoms with Crippen molar-refractivity contribution in [2.75, 3.05) is 0 Å². The van der Waals surface area contributed by atoms with Gasteiger partial charge in [0.05, 0.1) is 5.87 Å². The summed E-state index contributed by atoms with van der Waals surface area (Å²) in [5.74, 6) is 4.28. The first-order valence-electron chi connectivity index (χ1n) is 5.00. The highest BCUT2D eigenvalue weighted by atomic mass is 32.2. The molecule has 1 heteroatoms. The molecular weight excluding hydrogens is 200 g/mol. The molecule has 76 valence electrons. The Morgan fingerprint density at radius 2 is 1.53 bits per heavy atom. The molecule has 0 heterocycles. The second-order valence-corrected chi connectivity index (χ2v) is 5.49. The third-order valence-electron chi connectivity index (χ3n) is 2.38. The Kier molecular flexibility index (Phi) is 3.02. The lowest BCUT2D eigenvalue weighted by Crippen LogP contribution is -1.92. The van der Waals surface area contributed by atoms with Gasteiger partial charge >= 0.3 is 0 Å². The lowest BCUT2D eigenvalue weighted by Gasteiger charge is -2.01. The van der Waals surface area contributed by atoms with Crippen LogP contribution in [0.4, 0.5) is 0 Å². The Labute approximate surface area is 93.5 Å². The van der Waals surface area contributed by atoms with Gasteiger partial charge in [-0.3, -0.25) is 0 Å². The highest BCUT2D eigenvalue weighted by molar-refractivity contribution is 7.94. The summed E-state index contributed by atoms with van der Waals surface area (Å²) in [6, 6.07) is 19.1. The SMILES string of the molecule is C=[SH+](c1ccccc1)c1cccc(C)c1. The molecule has 0 aliphatic rings. The zero-order valence-corrected chi connectivity index (χ0v) is 9.74. The molecule has 0 aliphatic heterocycles. The molecule has 0 amide bonds. The van der Waals surface area contributed by atoms with E-state index in [1.165, 1.54) is 15.4 Å². The second kappa shape index (κ2) is 4.45. The smallest absolute Gasteiger partial charge is 0.0789 e. The first-order chi connectivity index (χ1) is 7.27. The topological polar surface area (TPSA) is 0 Å². The van der Waals surface area contributed by atoms with E-state index in [-0.39, 0.29) is 0 Å². The van der Waals surface area contributed by atoms with Crippen LogP contribution in [0.25, 0.3) is 0 Å². The van der Waals surface area contributed by atoms with Crippen LogP contribution < -0.4 is 0 Å². The Balaban J connectivity index is 2.37. The van der Waals surface area contributed by atoms with Gasteiger partial charge in [0.15, 0.2) is 0 Å². The van der Waals surface area contributed by atoms with Crippen LogP contribution in [0, 0.1) is 6.92 Å². The van der Waals surface area contributed by atoms with Gasteiger partial charge < -0.3 is 0 Å². The lowest BCUT2D eigenvalue weighted by molar-refractivity contribution is 1.34. The zero-order valence-electron chi connectivity index (χ0n) is 8.85. The molecule has 0 bridgehead atoms. The normalized spacial score (nSPS) is 12.3. The van der Waals surface area contributed by atoms with E-state index in [0.29, 0.717) is 0 Å². The van der Waals surface area contributed by atoms with Crippen molar-refractivity contribution >= 4 is 16.4 Å². The molecule has 0 saturated carbocycles. The van der Waals surface area contributed by atoms with E-state index < -0.39 is 10.5 Å². The maximum Gasteiger partial charge on any atom is 0.121 e. The molecule has 0 saturated heterocycles. The van der Waals surface area contributed by atoms with Gasteiger partial charge in [0.2, 0.25) is 0 Å². The lowest BCUT2D eigenvalue weighted by atomic mass is 10.2. The van der Waals surface area contributed by atoms with Gasteiger partial charge in [-0.05, 0) is 36.8 Å². The van der Waals surface area contributed by atoms with Crippen molar-refractivity contribution in [2.45, 2.75) is 16.7 Å². The van der Waals surface area contributed by atoms with Crippen LogP contribution in [0.2, 0.25) is 0 Å². The molecular formula is C14H15S+. The minimum absolute atomic E-state index is 0.437. The van der Waals surface area contributed by atoms with Crippen LogP contribution in [0.15, 0.2) is 64.4 Å². The maximum atomic E-state index is 4.28. The van der Waals surface area contributed by atoms with Gasteiger partial charge in [-0.15, -0.1) is 0 Å². The van der Waals surface area contributed by atoms with Gasteiger partial charge in [-0.2, -0.15) is 0 Å². The zero-order chi connectivity index (χ0) is 10.7. The quantitative estimate of drug-likeness (QED) is 0.410. The Hall–Kier alpha value is -1.34. The predicted octanol–water partition coefficient (Wildman–Crippen LogP) is 3.20.